The van der Waals surface area contributed by atoms with Crippen molar-refractivity contribution in [2.45, 2.75) is 71.4 Å². The van der Waals surface area contributed by atoms with Crippen LogP contribution in [-0.2, 0) is 38.6 Å². The van der Waals surface area contributed by atoms with E-state index < -0.39 is 34.6 Å². The highest BCUT2D eigenvalue weighted by Crippen LogP contribution is 2.24. The molecule has 3 rings (SSSR count). The molecule has 2 aromatic carbocycles. The number of nitrogens with zero attached hydrogens (tertiary/aromatic N) is 2. The summed E-state index contributed by atoms with van der Waals surface area (Å²) in [4.78, 5) is 50.8. The van der Waals surface area contributed by atoms with E-state index in [2.05, 4.69) is 10.6 Å². The van der Waals surface area contributed by atoms with Crippen LogP contribution in [0.1, 0.15) is 50.8 Å². The summed E-state index contributed by atoms with van der Waals surface area (Å²) in [6.07, 6.45) is -0.166. The number of fused-ring (bicyclic) bond motifs is 1. The maximum absolute atomic E-state index is 13.5. The van der Waals surface area contributed by atoms with Crippen LogP contribution in [0, 0.1) is 10.1 Å². The number of carbonyl (C=O) groups is 3. The van der Waals surface area contributed by atoms with Crippen molar-refractivity contribution in [3.8, 4) is 0 Å². The zero-order chi connectivity index (χ0) is 28.6. The molecule has 1 aliphatic rings. The molecule has 3 amide bonds. The molecule has 1 unspecified atom stereocenters. The quantitative estimate of drug-likeness (QED) is 0.347. The molecule has 0 saturated carbocycles. The van der Waals surface area contributed by atoms with Gasteiger partial charge in [-0.15, -0.1) is 0 Å². The molecule has 0 aliphatic carbocycles. The van der Waals surface area contributed by atoms with Gasteiger partial charge in [0, 0.05) is 37.7 Å². The number of nitro groups is 1. The van der Waals surface area contributed by atoms with Gasteiger partial charge in [0.25, 0.3) is 5.69 Å². The van der Waals surface area contributed by atoms with Crippen LogP contribution in [-0.4, -0.2) is 58.6 Å². The summed E-state index contributed by atoms with van der Waals surface area (Å²) in [6, 6.07) is 12.6. The van der Waals surface area contributed by atoms with Crippen molar-refractivity contribution in [2.75, 3.05) is 13.2 Å². The number of benzene rings is 2. The maximum Gasteiger partial charge on any atom is 0.407 e. The lowest BCUT2D eigenvalue weighted by atomic mass is 9.98. The van der Waals surface area contributed by atoms with Gasteiger partial charge in [0.05, 0.1) is 18.1 Å². The minimum atomic E-state index is -0.977. The predicted molar refractivity (Wildman–Crippen MR) is 144 cm³/mol. The molecule has 11 heteroatoms. The molecule has 0 spiro atoms. The van der Waals surface area contributed by atoms with Gasteiger partial charge < -0.3 is 25.0 Å². The van der Waals surface area contributed by atoms with Crippen LogP contribution < -0.4 is 10.6 Å². The fourth-order valence-corrected chi connectivity index (χ4v) is 4.20. The van der Waals surface area contributed by atoms with Gasteiger partial charge in [0.2, 0.25) is 11.8 Å². The van der Waals surface area contributed by atoms with Crippen LogP contribution in [0.15, 0.2) is 48.5 Å². The SMILES string of the molecule is CC(CC(=O)N[C@H](COCc1ccccc1)C(=O)N1CCc2ccc([N+](=O)[O-])cc2C1)NC(=O)OC(C)(C)C. The third-order valence-corrected chi connectivity index (χ3v) is 6.01. The first-order valence-electron chi connectivity index (χ1n) is 12.9. The third kappa shape index (κ3) is 9.36. The molecule has 1 aliphatic heterocycles. The van der Waals surface area contributed by atoms with Crippen LogP contribution in [0.4, 0.5) is 10.5 Å². The second kappa shape index (κ2) is 13.2. The summed E-state index contributed by atoms with van der Waals surface area (Å²) in [6.45, 7) is 7.69. The lowest BCUT2D eigenvalue weighted by Crippen LogP contribution is -2.52. The first-order valence-corrected chi connectivity index (χ1v) is 12.9. The van der Waals surface area contributed by atoms with Gasteiger partial charge >= 0.3 is 6.09 Å². The Morgan fingerprint density at radius 3 is 2.46 bits per heavy atom. The van der Waals surface area contributed by atoms with E-state index in [0.717, 1.165) is 11.1 Å². The summed E-state index contributed by atoms with van der Waals surface area (Å²) in [5.74, 6) is -0.783. The number of rotatable bonds is 10. The average molecular weight is 541 g/mol. The molecule has 11 nitrogen and oxygen atoms in total. The van der Waals surface area contributed by atoms with Crippen LogP contribution >= 0.6 is 0 Å². The number of carbonyl (C=O) groups excluding carboxylic acids is 3. The van der Waals surface area contributed by atoms with Gasteiger partial charge in [0.1, 0.15) is 11.6 Å². The molecule has 1 heterocycles. The molecule has 210 valence electrons. The Morgan fingerprint density at radius 1 is 1.08 bits per heavy atom. The summed E-state index contributed by atoms with van der Waals surface area (Å²) in [5.41, 5.74) is 1.87. The average Bonchev–Trinajstić information content (AvgIpc) is 2.86. The molecule has 0 fully saturated rings. The predicted octanol–water partition coefficient (Wildman–Crippen LogP) is 3.48. The maximum atomic E-state index is 13.5. The number of non-ortho nitro benzene ring substituents is 1. The lowest BCUT2D eigenvalue weighted by Gasteiger charge is -2.32. The lowest BCUT2D eigenvalue weighted by molar-refractivity contribution is -0.385. The minimum absolute atomic E-state index is 0.0365. The van der Waals surface area contributed by atoms with Gasteiger partial charge in [-0.1, -0.05) is 36.4 Å². The molecule has 2 N–H and O–H groups in total. The van der Waals surface area contributed by atoms with Crippen molar-refractivity contribution in [2.24, 2.45) is 0 Å². The number of hydrogen-bond donors (Lipinski definition) is 2. The topological polar surface area (TPSA) is 140 Å². The van der Waals surface area contributed by atoms with Gasteiger partial charge in [-0.2, -0.15) is 0 Å². The summed E-state index contributed by atoms with van der Waals surface area (Å²) < 4.78 is 11.0. The van der Waals surface area contributed by atoms with Gasteiger partial charge in [-0.05, 0) is 50.8 Å². The molecule has 0 saturated heterocycles. The zero-order valence-corrected chi connectivity index (χ0v) is 22.8. The Morgan fingerprint density at radius 2 is 1.79 bits per heavy atom. The number of ether oxygens (including phenoxy) is 2. The normalized spacial score (nSPS) is 14.5. The van der Waals surface area contributed by atoms with E-state index in [1.807, 2.05) is 30.3 Å². The van der Waals surface area contributed by atoms with Gasteiger partial charge in [-0.3, -0.25) is 19.7 Å². The Labute approximate surface area is 228 Å². The molecule has 0 radical (unpaired) electrons. The highest BCUT2D eigenvalue weighted by Gasteiger charge is 2.30. The van der Waals surface area contributed by atoms with Gasteiger partial charge in [0.15, 0.2) is 0 Å². The molecular formula is C28H36N4O7. The third-order valence-electron chi connectivity index (χ3n) is 6.01. The molecule has 2 atom stereocenters. The molecular weight excluding hydrogens is 504 g/mol. The monoisotopic (exact) mass is 540 g/mol. The smallest absolute Gasteiger partial charge is 0.407 e. The zero-order valence-electron chi connectivity index (χ0n) is 22.8. The Bertz CT molecular complexity index is 1180. The largest absolute Gasteiger partial charge is 0.444 e. The highest BCUT2D eigenvalue weighted by atomic mass is 16.6. The summed E-state index contributed by atoms with van der Waals surface area (Å²) in [5, 5.41) is 16.6. The van der Waals surface area contributed by atoms with E-state index in [4.69, 9.17) is 9.47 Å². The molecule has 2 aromatic rings. The van der Waals surface area contributed by atoms with Crippen molar-refractivity contribution < 1.29 is 28.8 Å². The summed E-state index contributed by atoms with van der Waals surface area (Å²) in [7, 11) is 0. The van der Waals surface area contributed by atoms with E-state index in [9.17, 15) is 24.5 Å². The van der Waals surface area contributed by atoms with E-state index in [1.54, 1.807) is 38.7 Å². The molecule has 39 heavy (non-hydrogen) atoms. The van der Waals surface area contributed by atoms with Crippen molar-refractivity contribution >= 4 is 23.6 Å². The van der Waals surface area contributed by atoms with Crippen molar-refractivity contribution in [3.05, 3.63) is 75.3 Å². The first kappa shape index (κ1) is 29.6. The van der Waals surface area contributed by atoms with Crippen molar-refractivity contribution in [1.29, 1.82) is 0 Å². The second-order valence-electron chi connectivity index (χ2n) is 10.6. The number of hydrogen-bond acceptors (Lipinski definition) is 7. The van der Waals surface area contributed by atoms with E-state index in [-0.39, 0.29) is 37.8 Å². The number of alkyl carbamates (subject to hydrolysis) is 1. The Kier molecular flexibility index (Phi) is 10.00. The second-order valence-corrected chi connectivity index (χ2v) is 10.6. The molecule has 0 bridgehead atoms. The van der Waals surface area contributed by atoms with Gasteiger partial charge in [-0.25, -0.2) is 4.79 Å². The number of amides is 3. The van der Waals surface area contributed by atoms with Crippen molar-refractivity contribution in [3.63, 3.8) is 0 Å². The Balaban J connectivity index is 1.66. The van der Waals surface area contributed by atoms with Crippen LogP contribution in [0.5, 0.6) is 0 Å². The standard InChI is InChI=1S/C28H36N4O7/c1-19(29-27(35)39-28(2,3)4)14-25(33)30-24(18-38-17-20-8-6-5-7-9-20)26(34)31-13-12-21-10-11-23(32(36)37)15-22(21)16-31/h5-11,15,19,24H,12-14,16-18H2,1-4H3,(H,29,35)(H,30,33)/t19?,24-/m1/s1. The number of nitrogens with one attached hydrogen (secondary N) is 2. The number of nitro benzene ring substituents is 1. The minimum Gasteiger partial charge on any atom is -0.444 e. The van der Waals surface area contributed by atoms with E-state index >= 15 is 0 Å². The fourth-order valence-electron chi connectivity index (χ4n) is 4.20. The van der Waals surface area contributed by atoms with Crippen LogP contribution in [0.25, 0.3) is 0 Å². The van der Waals surface area contributed by atoms with E-state index in [1.165, 1.54) is 12.1 Å². The Hall–Kier alpha value is -3.99. The van der Waals surface area contributed by atoms with Crippen LogP contribution in [0.2, 0.25) is 0 Å². The fraction of sp³-hybridized carbons (Fsp3) is 0.464. The first-order chi connectivity index (χ1) is 18.4. The summed E-state index contributed by atoms with van der Waals surface area (Å²) >= 11 is 0. The van der Waals surface area contributed by atoms with Crippen molar-refractivity contribution in [1.82, 2.24) is 15.5 Å². The van der Waals surface area contributed by atoms with Crippen LogP contribution in [0.3, 0.4) is 0 Å². The van der Waals surface area contributed by atoms with E-state index in [0.29, 0.717) is 18.5 Å². The molecule has 0 aromatic heterocycles. The highest BCUT2D eigenvalue weighted by molar-refractivity contribution is 5.88.